The van der Waals surface area contributed by atoms with Crippen LogP contribution in [-0.2, 0) is 4.79 Å². The molecule has 3 heterocycles. The predicted molar refractivity (Wildman–Crippen MR) is 93.8 cm³/mol. The third kappa shape index (κ3) is 3.53. The molecule has 7 nitrogen and oxygen atoms in total. The maximum atomic E-state index is 12.8. The fourth-order valence-electron chi connectivity index (χ4n) is 3.64. The Labute approximate surface area is 151 Å². The number of rotatable bonds is 3. The SMILES string of the molecule is O=C(C1CC(c2ccc(Cl)cc2)NN1)N1CCC(c2ncn[nH]2)CC1. The van der Waals surface area contributed by atoms with E-state index in [-0.39, 0.29) is 18.0 Å². The normalized spacial score (nSPS) is 24.6. The zero-order valence-electron chi connectivity index (χ0n) is 13.8. The number of carbonyl (C=O) groups excluding carboxylic acids is 1. The number of nitrogens with one attached hydrogen (secondary N) is 3. The van der Waals surface area contributed by atoms with Crippen LogP contribution in [0.1, 0.15) is 42.6 Å². The van der Waals surface area contributed by atoms with Crippen LogP contribution in [-0.4, -0.2) is 45.1 Å². The van der Waals surface area contributed by atoms with Crippen molar-refractivity contribution >= 4 is 17.5 Å². The maximum absolute atomic E-state index is 12.8. The molecule has 1 aromatic carbocycles. The van der Waals surface area contributed by atoms with Gasteiger partial charge in [-0.05, 0) is 37.0 Å². The van der Waals surface area contributed by atoms with Crippen molar-refractivity contribution in [1.82, 2.24) is 30.9 Å². The molecule has 0 saturated carbocycles. The van der Waals surface area contributed by atoms with E-state index in [9.17, 15) is 4.79 Å². The van der Waals surface area contributed by atoms with Crippen LogP contribution in [0.25, 0.3) is 0 Å². The van der Waals surface area contributed by atoms with Crippen molar-refractivity contribution in [1.29, 1.82) is 0 Å². The lowest BCUT2D eigenvalue weighted by molar-refractivity contribution is -0.134. The second kappa shape index (κ2) is 7.11. The van der Waals surface area contributed by atoms with E-state index in [1.165, 1.54) is 6.33 Å². The van der Waals surface area contributed by atoms with Gasteiger partial charge >= 0.3 is 0 Å². The zero-order valence-corrected chi connectivity index (χ0v) is 14.5. The van der Waals surface area contributed by atoms with Gasteiger partial charge < -0.3 is 4.90 Å². The summed E-state index contributed by atoms with van der Waals surface area (Å²) in [4.78, 5) is 19.0. The smallest absolute Gasteiger partial charge is 0.241 e. The third-order valence-corrected chi connectivity index (χ3v) is 5.35. The number of piperidine rings is 1. The molecule has 2 unspecified atom stereocenters. The summed E-state index contributed by atoms with van der Waals surface area (Å²) in [5.41, 5.74) is 7.52. The largest absolute Gasteiger partial charge is 0.341 e. The predicted octanol–water partition coefficient (Wildman–Crippen LogP) is 1.77. The number of halogens is 1. The van der Waals surface area contributed by atoms with Gasteiger partial charge in [0.05, 0.1) is 0 Å². The molecule has 1 aromatic heterocycles. The number of hydrazine groups is 1. The number of aromatic nitrogens is 3. The molecular formula is C17H21ClN6O. The van der Waals surface area contributed by atoms with Gasteiger partial charge in [-0.3, -0.25) is 9.89 Å². The highest BCUT2D eigenvalue weighted by atomic mass is 35.5. The molecule has 0 radical (unpaired) electrons. The lowest BCUT2D eigenvalue weighted by atomic mass is 9.95. The van der Waals surface area contributed by atoms with E-state index in [1.54, 1.807) is 0 Å². The van der Waals surface area contributed by atoms with Crippen LogP contribution in [0.3, 0.4) is 0 Å². The Morgan fingerprint density at radius 2 is 1.92 bits per heavy atom. The summed E-state index contributed by atoms with van der Waals surface area (Å²) in [6.45, 7) is 1.52. The van der Waals surface area contributed by atoms with Crippen LogP contribution in [0.2, 0.25) is 5.02 Å². The Morgan fingerprint density at radius 1 is 1.16 bits per heavy atom. The molecule has 8 heteroatoms. The highest BCUT2D eigenvalue weighted by molar-refractivity contribution is 6.30. The molecule has 4 rings (SSSR count). The van der Waals surface area contributed by atoms with Gasteiger partial charge in [-0.1, -0.05) is 23.7 Å². The fourth-order valence-corrected chi connectivity index (χ4v) is 3.76. The van der Waals surface area contributed by atoms with Crippen molar-refractivity contribution in [2.75, 3.05) is 13.1 Å². The molecule has 132 valence electrons. The highest BCUT2D eigenvalue weighted by Gasteiger charge is 2.34. The Morgan fingerprint density at radius 3 is 2.60 bits per heavy atom. The van der Waals surface area contributed by atoms with Gasteiger partial charge in [-0.2, -0.15) is 5.10 Å². The summed E-state index contributed by atoms with van der Waals surface area (Å²) in [5.74, 6) is 1.46. The number of hydrogen-bond donors (Lipinski definition) is 3. The summed E-state index contributed by atoms with van der Waals surface area (Å²) in [7, 11) is 0. The number of amides is 1. The van der Waals surface area contributed by atoms with Crippen LogP contribution in [0.5, 0.6) is 0 Å². The number of nitrogens with zero attached hydrogens (tertiary/aromatic N) is 3. The minimum atomic E-state index is -0.192. The minimum Gasteiger partial charge on any atom is -0.341 e. The lowest BCUT2D eigenvalue weighted by Gasteiger charge is -2.32. The first-order valence-corrected chi connectivity index (χ1v) is 8.99. The summed E-state index contributed by atoms with van der Waals surface area (Å²) in [6, 6.07) is 7.68. The second-order valence-electron chi connectivity index (χ2n) is 6.65. The number of carbonyl (C=O) groups is 1. The quantitative estimate of drug-likeness (QED) is 0.776. The van der Waals surface area contributed by atoms with E-state index < -0.39 is 0 Å². The Kier molecular flexibility index (Phi) is 4.70. The van der Waals surface area contributed by atoms with Gasteiger partial charge in [0.25, 0.3) is 0 Å². The van der Waals surface area contributed by atoms with Gasteiger partial charge in [0.1, 0.15) is 18.2 Å². The summed E-state index contributed by atoms with van der Waals surface area (Å²) in [5, 5.41) is 7.57. The molecule has 2 aliphatic heterocycles. The van der Waals surface area contributed by atoms with E-state index in [0.29, 0.717) is 5.92 Å². The van der Waals surface area contributed by atoms with Gasteiger partial charge in [0.2, 0.25) is 5.91 Å². The summed E-state index contributed by atoms with van der Waals surface area (Å²) >= 11 is 5.94. The second-order valence-corrected chi connectivity index (χ2v) is 7.09. The topological polar surface area (TPSA) is 85.9 Å². The van der Waals surface area contributed by atoms with Crippen molar-refractivity contribution in [2.24, 2.45) is 0 Å². The lowest BCUT2D eigenvalue weighted by Crippen LogP contribution is -2.48. The van der Waals surface area contributed by atoms with Crippen molar-refractivity contribution in [3.8, 4) is 0 Å². The molecule has 2 saturated heterocycles. The Bertz CT molecular complexity index is 711. The molecule has 0 spiro atoms. The van der Waals surface area contributed by atoms with Crippen LogP contribution in [0.15, 0.2) is 30.6 Å². The number of H-pyrrole nitrogens is 1. The molecule has 1 amide bonds. The molecule has 0 bridgehead atoms. The average molecular weight is 361 g/mol. The van der Waals surface area contributed by atoms with Crippen LogP contribution in [0.4, 0.5) is 0 Å². The van der Waals surface area contributed by atoms with E-state index in [4.69, 9.17) is 11.6 Å². The van der Waals surface area contributed by atoms with Gasteiger partial charge in [0.15, 0.2) is 0 Å². The van der Waals surface area contributed by atoms with Gasteiger partial charge in [-0.15, -0.1) is 0 Å². The van der Waals surface area contributed by atoms with E-state index >= 15 is 0 Å². The van der Waals surface area contributed by atoms with E-state index in [2.05, 4.69) is 26.0 Å². The van der Waals surface area contributed by atoms with Crippen molar-refractivity contribution in [3.05, 3.63) is 47.0 Å². The maximum Gasteiger partial charge on any atom is 0.241 e. The van der Waals surface area contributed by atoms with Crippen molar-refractivity contribution < 1.29 is 4.79 Å². The first kappa shape index (κ1) is 16.5. The molecule has 2 atom stereocenters. The third-order valence-electron chi connectivity index (χ3n) is 5.10. The molecular weight excluding hydrogens is 340 g/mol. The van der Waals surface area contributed by atoms with Crippen LogP contribution >= 0.6 is 11.6 Å². The molecule has 25 heavy (non-hydrogen) atoms. The van der Waals surface area contributed by atoms with Crippen molar-refractivity contribution in [2.45, 2.75) is 37.3 Å². The number of benzene rings is 1. The standard InChI is InChI=1S/C17H21ClN6O/c18-13-3-1-11(2-4-13)14-9-15(22-21-14)17(25)24-7-5-12(6-8-24)16-19-10-20-23-16/h1-4,10,12,14-15,21-22H,5-9H2,(H,19,20,23). The number of likely N-dealkylation sites (tertiary alicyclic amines) is 1. The van der Waals surface area contributed by atoms with Crippen LogP contribution < -0.4 is 10.9 Å². The summed E-state index contributed by atoms with van der Waals surface area (Å²) in [6.07, 6.45) is 4.11. The number of hydrogen-bond acceptors (Lipinski definition) is 5. The molecule has 2 aliphatic rings. The Balaban J connectivity index is 1.32. The van der Waals surface area contributed by atoms with Crippen LogP contribution in [0, 0.1) is 0 Å². The molecule has 0 aliphatic carbocycles. The Hall–Kier alpha value is -1.96. The van der Waals surface area contributed by atoms with Gasteiger partial charge in [-0.25, -0.2) is 15.8 Å². The van der Waals surface area contributed by atoms with Crippen molar-refractivity contribution in [3.63, 3.8) is 0 Å². The fraction of sp³-hybridized carbons (Fsp3) is 0.471. The minimum absolute atomic E-state index is 0.123. The van der Waals surface area contributed by atoms with Gasteiger partial charge in [0, 0.05) is 30.1 Å². The monoisotopic (exact) mass is 360 g/mol. The molecule has 3 N–H and O–H groups in total. The first-order chi connectivity index (χ1) is 12.2. The zero-order chi connectivity index (χ0) is 17.2. The van der Waals surface area contributed by atoms with E-state index in [1.807, 2.05) is 29.2 Å². The highest BCUT2D eigenvalue weighted by Crippen LogP contribution is 2.28. The first-order valence-electron chi connectivity index (χ1n) is 8.61. The average Bonchev–Trinajstić information content (AvgIpc) is 3.34. The number of aromatic amines is 1. The van der Waals surface area contributed by atoms with E-state index in [0.717, 1.165) is 48.8 Å². The summed E-state index contributed by atoms with van der Waals surface area (Å²) < 4.78 is 0. The molecule has 2 aromatic rings. The molecule has 2 fully saturated rings.